The van der Waals surface area contributed by atoms with E-state index in [2.05, 4.69) is 10.0 Å². The van der Waals surface area contributed by atoms with E-state index in [1.54, 1.807) is 35.7 Å². The van der Waals surface area contributed by atoms with Gasteiger partial charge in [0, 0.05) is 11.3 Å². The highest BCUT2D eigenvalue weighted by Gasteiger charge is 2.16. The minimum atomic E-state index is -3.61. The molecule has 0 aliphatic rings. The van der Waals surface area contributed by atoms with Crippen LogP contribution in [0, 0.1) is 0 Å². The number of hydrogen-bond acceptors (Lipinski definition) is 5. The van der Waals surface area contributed by atoms with Gasteiger partial charge in [0.25, 0.3) is 15.9 Å². The fourth-order valence-electron chi connectivity index (χ4n) is 2.69. The highest BCUT2D eigenvalue weighted by atomic mass is 32.2. The van der Waals surface area contributed by atoms with E-state index < -0.39 is 10.0 Å². The van der Waals surface area contributed by atoms with Crippen molar-refractivity contribution in [3.63, 3.8) is 0 Å². The number of carbonyl (C=O) groups is 1. The molecule has 1 amide bonds. The Morgan fingerprint density at radius 2 is 1.76 bits per heavy atom. The molecule has 0 fully saturated rings. The average Bonchev–Trinajstić information content (AvgIpc) is 3.25. The van der Waals surface area contributed by atoms with Gasteiger partial charge in [0.2, 0.25) is 0 Å². The van der Waals surface area contributed by atoms with Gasteiger partial charge in [-0.2, -0.15) is 0 Å². The van der Waals surface area contributed by atoms with Crippen molar-refractivity contribution in [1.29, 1.82) is 0 Å². The molecule has 0 aliphatic carbocycles. The normalized spacial score (nSPS) is 12.2. The van der Waals surface area contributed by atoms with E-state index in [4.69, 9.17) is 4.74 Å². The third-order valence-corrected chi connectivity index (χ3v) is 6.98. The summed E-state index contributed by atoms with van der Waals surface area (Å²) in [5.74, 6) is 0.550. The third kappa shape index (κ3) is 5.36. The van der Waals surface area contributed by atoms with Crippen molar-refractivity contribution in [3.8, 4) is 5.75 Å². The minimum absolute atomic E-state index is 0.185. The summed E-state index contributed by atoms with van der Waals surface area (Å²) >= 11 is 1.14. The topological polar surface area (TPSA) is 84.5 Å². The van der Waals surface area contributed by atoms with Crippen LogP contribution in [-0.2, 0) is 10.0 Å². The van der Waals surface area contributed by atoms with Crippen LogP contribution in [0.1, 0.15) is 35.8 Å². The van der Waals surface area contributed by atoms with Crippen molar-refractivity contribution in [2.45, 2.75) is 24.1 Å². The number of ether oxygens (including phenoxy) is 1. The second-order valence-electron chi connectivity index (χ2n) is 6.31. The van der Waals surface area contributed by atoms with Crippen LogP contribution in [0.2, 0.25) is 0 Å². The fraction of sp³-hybridized carbons (Fsp3) is 0.190. The molecular formula is C21H22N2O4S2. The maximum atomic E-state index is 12.5. The largest absolute Gasteiger partial charge is 0.494 e. The average molecular weight is 431 g/mol. The predicted octanol–water partition coefficient (Wildman–Crippen LogP) is 4.44. The van der Waals surface area contributed by atoms with E-state index in [1.165, 1.54) is 6.07 Å². The molecule has 152 valence electrons. The van der Waals surface area contributed by atoms with Crippen LogP contribution < -0.4 is 14.8 Å². The first-order valence-corrected chi connectivity index (χ1v) is 11.5. The molecule has 2 aromatic carbocycles. The Morgan fingerprint density at radius 1 is 1.07 bits per heavy atom. The first-order chi connectivity index (χ1) is 13.9. The number of anilines is 1. The van der Waals surface area contributed by atoms with E-state index in [0.717, 1.165) is 22.6 Å². The first-order valence-electron chi connectivity index (χ1n) is 9.09. The Bertz CT molecular complexity index is 1050. The second-order valence-corrected chi connectivity index (χ2v) is 9.17. The lowest BCUT2D eigenvalue weighted by Gasteiger charge is -2.15. The molecule has 1 atom stereocenters. The maximum absolute atomic E-state index is 12.5. The number of nitrogens with one attached hydrogen (secondary N) is 2. The van der Waals surface area contributed by atoms with Crippen LogP contribution in [-0.4, -0.2) is 20.9 Å². The Morgan fingerprint density at radius 3 is 2.34 bits per heavy atom. The zero-order valence-electron chi connectivity index (χ0n) is 16.1. The number of sulfonamides is 1. The summed E-state index contributed by atoms with van der Waals surface area (Å²) in [6, 6.07) is 16.9. The van der Waals surface area contributed by atoms with Gasteiger partial charge < -0.3 is 10.1 Å². The molecule has 0 unspecified atom stereocenters. The molecule has 2 N–H and O–H groups in total. The zero-order valence-corrected chi connectivity index (χ0v) is 17.7. The van der Waals surface area contributed by atoms with Crippen molar-refractivity contribution < 1.29 is 17.9 Å². The Kier molecular flexibility index (Phi) is 6.56. The summed E-state index contributed by atoms with van der Waals surface area (Å²) in [6.45, 7) is 4.43. The Balaban J connectivity index is 1.62. The number of carbonyl (C=O) groups excluding carboxylic acids is 1. The molecule has 0 saturated heterocycles. The third-order valence-electron chi connectivity index (χ3n) is 4.20. The molecule has 8 heteroatoms. The van der Waals surface area contributed by atoms with Crippen LogP contribution >= 0.6 is 11.3 Å². The standard InChI is InChI=1S/C21H22N2O4S2/c1-3-27-19-12-8-16(9-13-19)15(2)22-21(24)17-6-10-18(11-7-17)23-29(25,26)20-5-4-14-28-20/h4-15,23H,3H2,1-2H3,(H,22,24)/t15-/m0/s1. The summed E-state index contributed by atoms with van der Waals surface area (Å²) in [4.78, 5) is 12.5. The maximum Gasteiger partial charge on any atom is 0.271 e. The van der Waals surface area contributed by atoms with Gasteiger partial charge >= 0.3 is 0 Å². The molecule has 3 rings (SSSR count). The molecule has 29 heavy (non-hydrogen) atoms. The first kappa shape index (κ1) is 20.9. The van der Waals surface area contributed by atoms with Gasteiger partial charge in [-0.25, -0.2) is 8.42 Å². The second kappa shape index (κ2) is 9.11. The molecule has 1 aromatic heterocycles. The van der Waals surface area contributed by atoms with Gasteiger partial charge in [-0.3, -0.25) is 9.52 Å². The molecular weight excluding hydrogens is 408 g/mol. The van der Waals surface area contributed by atoms with Gasteiger partial charge in [-0.1, -0.05) is 18.2 Å². The van der Waals surface area contributed by atoms with E-state index in [9.17, 15) is 13.2 Å². The lowest BCUT2D eigenvalue weighted by molar-refractivity contribution is 0.0940. The quantitative estimate of drug-likeness (QED) is 0.553. The molecule has 0 aliphatic heterocycles. The number of amides is 1. The minimum Gasteiger partial charge on any atom is -0.494 e. The lowest BCUT2D eigenvalue weighted by atomic mass is 10.1. The summed E-state index contributed by atoms with van der Waals surface area (Å²) in [5.41, 5.74) is 1.80. The summed E-state index contributed by atoms with van der Waals surface area (Å²) < 4.78 is 32.7. The van der Waals surface area contributed by atoms with Crippen LogP contribution in [0.5, 0.6) is 5.75 Å². The molecule has 0 radical (unpaired) electrons. The van der Waals surface area contributed by atoms with Crippen molar-refractivity contribution in [3.05, 3.63) is 77.2 Å². The van der Waals surface area contributed by atoms with Crippen molar-refractivity contribution in [2.75, 3.05) is 11.3 Å². The van der Waals surface area contributed by atoms with Crippen LogP contribution in [0.3, 0.4) is 0 Å². The van der Waals surface area contributed by atoms with E-state index >= 15 is 0 Å². The highest BCUT2D eigenvalue weighted by molar-refractivity contribution is 7.94. The van der Waals surface area contributed by atoms with E-state index in [1.807, 2.05) is 38.1 Å². The van der Waals surface area contributed by atoms with Crippen LogP contribution in [0.15, 0.2) is 70.3 Å². The Hall–Kier alpha value is -2.84. The van der Waals surface area contributed by atoms with Gasteiger partial charge in [-0.15, -0.1) is 11.3 Å². The highest BCUT2D eigenvalue weighted by Crippen LogP contribution is 2.21. The molecule has 0 spiro atoms. The molecule has 0 saturated carbocycles. The van der Waals surface area contributed by atoms with Gasteiger partial charge in [-0.05, 0) is 67.3 Å². The number of hydrogen-bond donors (Lipinski definition) is 2. The molecule has 1 heterocycles. The van der Waals surface area contributed by atoms with Crippen molar-refractivity contribution in [2.24, 2.45) is 0 Å². The van der Waals surface area contributed by atoms with Gasteiger partial charge in [0.15, 0.2) is 0 Å². The SMILES string of the molecule is CCOc1ccc([C@H](C)NC(=O)c2ccc(NS(=O)(=O)c3cccs3)cc2)cc1. The summed E-state index contributed by atoms with van der Waals surface area (Å²) in [7, 11) is -3.61. The number of rotatable bonds is 8. The smallest absolute Gasteiger partial charge is 0.271 e. The number of benzene rings is 2. The van der Waals surface area contributed by atoms with E-state index in [0.29, 0.717) is 17.9 Å². The number of thiophene rings is 1. The van der Waals surface area contributed by atoms with Crippen molar-refractivity contribution >= 4 is 33.0 Å². The molecule has 3 aromatic rings. The van der Waals surface area contributed by atoms with E-state index in [-0.39, 0.29) is 16.2 Å². The summed E-state index contributed by atoms with van der Waals surface area (Å²) in [6.07, 6.45) is 0. The van der Waals surface area contributed by atoms with Crippen molar-refractivity contribution in [1.82, 2.24) is 5.32 Å². The van der Waals surface area contributed by atoms with Gasteiger partial charge in [0.1, 0.15) is 9.96 Å². The lowest BCUT2D eigenvalue weighted by Crippen LogP contribution is -2.26. The molecule has 6 nitrogen and oxygen atoms in total. The molecule has 0 bridgehead atoms. The fourth-order valence-corrected chi connectivity index (χ4v) is 4.75. The summed E-state index contributed by atoms with van der Waals surface area (Å²) in [5, 5.41) is 4.64. The monoisotopic (exact) mass is 430 g/mol. The Labute approximate surface area is 174 Å². The van der Waals surface area contributed by atoms with Crippen LogP contribution in [0.25, 0.3) is 0 Å². The van der Waals surface area contributed by atoms with Gasteiger partial charge in [0.05, 0.1) is 12.6 Å². The zero-order chi connectivity index (χ0) is 20.9. The van der Waals surface area contributed by atoms with Crippen LogP contribution in [0.4, 0.5) is 5.69 Å². The predicted molar refractivity (Wildman–Crippen MR) is 115 cm³/mol.